The molecule has 1 fully saturated rings. The maximum absolute atomic E-state index is 13.6. The standard InChI is InChI=1S/C22H26FN3O3/c1-28-17-3-2-16(24-14-17)12-21(27)19-13-22(26-8-4-15(23)5-9-26)25-20-7-11-29-10-6-18(19)20/h2-3,13-15H,4-12H2,1H3. The first kappa shape index (κ1) is 19.8. The van der Waals surface area contributed by atoms with Crippen LogP contribution in [-0.4, -0.2) is 55.3 Å². The Balaban J connectivity index is 1.64. The molecule has 7 heteroatoms. The molecule has 2 aromatic heterocycles. The summed E-state index contributed by atoms with van der Waals surface area (Å²) in [6.07, 6.45) is 3.45. The highest BCUT2D eigenvalue weighted by atomic mass is 19.1. The van der Waals surface area contributed by atoms with Gasteiger partial charge in [-0.2, -0.15) is 0 Å². The molecule has 29 heavy (non-hydrogen) atoms. The van der Waals surface area contributed by atoms with Crippen LogP contribution in [0.25, 0.3) is 0 Å². The van der Waals surface area contributed by atoms with Gasteiger partial charge in [0, 0.05) is 36.5 Å². The first-order chi connectivity index (χ1) is 14.1. The molecule has 1 saturated heterocycles. The Kier molecular flexibility index (Phi) is 6.04. The van der Waals surface area contributed by atoms with Gasteiger partial charge in [0.2, 0.25) is 0 Å². The summed E-state index contributed by atoms with van der Waals surface area (Å²) >= 11 is 0. The number of piperidine rings is 1. The Labute approximate surface area is 170 Å². The molecule has 0 aromatic carbocycles. The molecule has 0 radical (unpaired) electrons. The van der Waals surface area contributed by atoms with Crippen LogP contribution in [0, 0.1) is 0 Å². The molecule has 4 heterocycles. The van der Waals surface area contributed by atoms with E-state index in [1.54, 1.807) is 13.3 Å². The van der Waals surface area contributed by atoms with Crippen LogP contribution in [0.5, 0.6) is 5.75 Å². The van der Waals surface area contributed by atoms with Crippen LogP contribution in [0.1, 0.15) is 40.2 Å². The van der Waals surface area contributed by atoms with Crippen molar-refractivity contribution in [1.82, 2.24) is 9.97 Å². The van der Waals surface area contributed by atoms with Crippen LogP contribution in [-0.2, 0) is 24.0 Å². The number of carbonyl (C=O) groups is 1. The fraction of sp³-hybridized carbons (Fsp3) is 0.500. The van der Waals surface area contributed by atoms with E-state index in [4.69, 9.17) is 14.5 Å². The molecular formula is C22H26FN3O3. The van der Waals surface area contributed by atoms with Gasteiger partial charge in [-0.1, -0.05) is 0 Å². The average molecular weight is 399 g/mol. The highest BCUT2D eigenvalue weighted by molar-refractivity contribution is 5.99. The van der Waals surface area contributed by atoms with Gasteiger partial charge in [0.25, 0.3) is 0 Å². The first-order valence-electron chi connectivity index (χ1n) is 10.2. The van der Waals surface area contributed by atoms with Crippen molar-refractivity contribution in [3.63, 3.8) is 0 Å². The Morgan fingerprint density at radius 2 is 2.07 bits per heavy atom. The fourth-order valence-corrected chi connectivity index (χ4v) is 3.92. The highest BCUT2D eigenvalue weighted by Crippen LogP contribution is 2.27. The van der Waals surface area contributed by atoms with Crippen LogP contribution in [0.3, 0.4) is 0 Å². The lowest BCUT2D eigenvalue weighted by atomic mass is 9.96. The van der Waals surface area contributed by atoms with Crippen molar-refractivity contribution in [2.45, 2.75) is 38.3 Å². The minimum Gasteiger partial charge on any atom is -0.495 e. The van der Waals surface area contributed by atoms with Crippen LogP contribution < -0.4 is 9.64 Å². The quantitative estimate of drug-likeness (QED) is 0.721. The summed E-state index contributed by atoms with van der Waals surface area (Å²) in [4.78, 5) is 24.5. The lowest BCUT2D eigenvalue weighted by Crippen LogP contribution is -2.35. The Morgan fingerprint density at radius 1 is 1.28 bits per heavy atom. The Hall–Kier alpha value is -2.54. The molecular weight excluding hydrogens is 373 g/mol. The summed E-state index contributed by atoms with van der Waals surface area (Å²) < 4.78 is 24.3. The van der Waals surface area contributed by atoms with Crippen molar-refractivity contribution >= 4 is 11.6 Å². The number of hydrogen-bond donors (Lipinski definition) is 0. The number of rotatable bonds is 5. The van der Waals surface area contributed by atoms with Crippen molar-refractivity contribution < 1.29 is 18.7 Å². The van der Waals surface area contributed by atoms with Gasteiger partial charge in [0.1, 0.15) is 17.7 Å². The number of hydrogen-bond acceptors (Lipinski definition) is 6. The second-order valence-corrected chi connectivity index (χ2v) is 7.52. The van der Waals surface area contributed by atoms with Crippen molar-refractivity contribution in [3.05, 3.63) is 46.9 Å². The number of aromatic nitrogens is 2. The number of nitrogens with zero attached hydrogens (tertiary/aromatic N) is 3. The summed E-state index contributed by atoms with van der Waals surface area (Å²) in [5.74, 6) is 1.45. The largest absolute Gasteiger partial charge is 0.495 e. The number of ether oxygens (including phenoxy) is 2. The molecule has 0 amide bonds. The second kappa shape index (κ2) is 8.86. The molecule has 2 aliphatic rings. The monoisotopic (exact) mass is 399 g/mol. The fourth-order valence-electron chi connectivity index (χ4n) is 3.92. The Morgan fingerprint density at radius 3 is 2.79 bits per heavy atom. The van der Waals surface area contributed by atoms with Crippen LogP contribution in [0.15, 0.2) is 24.4 Å². The van der Waals surface area contributed by atoms with Crippen molar-refractivity contribution in [1.29, 1.82) is 0 Å². The SMILES string of the molecule is COc1ccc(CC(=O)c2cc(N3CCC(F)CC3)nc3c2CCOCC3)nc1. The summed E-state index contributed by atoms with van der Waals surface area (Å²) in [5, 5.41) is 0. The normalized spacial score (nSPS) is 17.5. The number of methoxy groups -OCH3 is 1. The van der Waals surface area contributed by atoms with E-state index < -0.39 is 6.17 Å². The van der Waals surface area contributed by atoms with Gasteiger partial charge in [-0.25, -0.2) is 9.37 Å². The van der Waals surface area contributed by atoms with Gasteiger partial charge in [-0.05, 0) is 43.0 Å². The van der Waals surface area contributed by atoms with E-state index in [0.717, 1.165) is 17.1 Å². The smallest absolute Gasteiger partial charge is 0.169 e. The zero-order valence-corrected chi connectivity index (χ0v) is 16.7. The Bertz CT molecular complexity index is 864. The van der Waals surface area contributed by atoms with Crippen molar-refractivity contribution in [2.75, 3.05) is 38.3 Å². The van der Waals surface area contributed by atoms with Gasteiger partial charge in [-0.3, -0.25) is 9.78 Å². The summed E-state index contributed by atoms with van der Waals surface area (Å²) in [7, 11) is 1.59. The number of anilines is 1. The van der Waals surface area contributed by atoms with Crippen LogP contribution >= 0.6 is 0 Å². The number of Topliss-reactive ketones (excluding diaryl/α,β-unsaturated/α-hetero) is 1. The summed E-state index contributed by atoms with van der Waals surface area (Å²) in [5.41, 5.74) is 3.29. The molecule has 154 valence electrons. The zero-order valence-electron chi connectivity index (χ0n) is 16.7. The number of ketones is 1. The predicted octanol–water partition coefficient (Wildman–Crippen LogP) is 2.96. The summed E-state index contributed by atoms with van der Waals surface area (Å²) in [6.45, 7) is 2.43. The minimum atomic E-state index is -0.747. The predicted molar refractivity (Wildman–Crippen MR) is 108 cm³/mol. The number of halogens is 1. The maximum atomic E-state index is 13.6. The molecule has 2 aliphatic heterocycles. The molecule has 0 aliphatic carbocycles. The van der Waals surface area contributed by atoms with E-state index in [9.17, 15) is 9.18 Å². The molecule has 0 N–H and O–H groups in total. The third-order valence-electron chi connectivity index (χ3n) is 5.60. The average Bonchev–Trinajstić information content (AvgIpc) is 2.99. The second-order valence-electron chi connectivity index (χ2n) is 7.52. The number of carbonyl (C=O) groups excluding carboxylic acids is 1. The van der Waals surface area contributed by atoms with E-state index in [1.807, 2.05) is 18.2 Å². The lowest BCUT2D eigenvalue weighted by molar-refractivity contribution is 0.0990. The van der Waals surface area contributed by atoms with E-state index in [0.29, 0.717) is 69.0 Å². The van der Waals surface area contributed by atoms with E-state index in [2.05, 4.69) is 9.88 Å². The van der Waals surface area contributed by atoms with Gasteiger partial charge < -0.3 is 14.4 Å². The topological polar surface area (TPSA) is 64.5 Å². The molecule has 0 saturated carbocycles. The third kappa shape index (κ3) is 4.56. The molecule has 6 nitrogen and oxygen atoms in total. The first-order valence-corrected chi connectivity index (χ1v) is 10.2. The van der Waals surface area contributed by atoms with Crippen molar-refractivity contribution in [2.24, 2.45) is 0 Å². The van der Waals surface area contributed by atoms with Crippen molar-refractivity contribution in [3.8, 4) is 5.75 Å². The molecule has 0 unspecified atom stereocenters. The van der Waals surface area contributed by atoms with Crippen LogP contribution in [0.4, 0.5) is 10.2 Å². The molecule has 4 rings (SSSR count). The highest BCUT2D eigenvalue weighted by Gasteiger charge is 2.25. The molecule has 0 bridgehead atoms. The maximum Gasteiger partial charge on any atom is 0.169 e. The van der Waals surface area contributed by atoms with E-state index in [1.165, 1.54) is 0 Å². The third-order valence-corrected chi connectivity index (χ3v) is 5.60. The van der Waals surface area contributed by atoms with E-state index in [-0.39, 0.29) is 12.2 Å². The molecule has 2 aromatic rings. The zero-order chi connectivity index (χ0) is 20.2. The van der Waals surface area contributed by atoms with Gasteiger partial charge in [-0.15, -0.1) is 0 Å². The van der Waals surface area contributed by atoms with Gasteiger partial charge >= 0.3 is 0 Å². The number of alkyl halides is 1. The van der Waals surface area contributed by atoms with Crippen LogP contribution in [0.2, 0.25) is 0 Å². The molecule has 0 spiro atoms. The number of fused-ring (bicyclic) bond motifs is 1. The molecule has 0 atom stereocenters. The summed E-state index contributed by atoms with van der Waals surface area (Å²) in [6, 6.07) is 5.50. The lowest BCUT2D eigenvalue weighted by Gasteiger charge is -2.30. The number of pyridine rings is 2. The van der Waals surface area contributed by atoms with E-state index >= 15 is 0 Å². The van der Waals surface area contributed by atoms with Gasteiger partial charge in [0.05, 0.1) is 32.9 Å². The van der Waals surface area contributed by atoms with Gasteiger partial charge in [0.15, 0.2) is 5.78 Å². The minimum absolute atomic E-state index is 0.0184.